The summed E-state index contributed by atoms with van der Waals surface area (Å²) in [5.74, 6) is -0.437. The van der Waals surface area contributed by atoms with Crippen molar-refractivity contribution in [2.75, 3.05) is 18.4 Å². The van der Waals surface area contributed by atoms with Gasteiger partial charge >= 0.3 is 0 Å². The van der Waals surface area contributed by atoms with Gasteiger partial charge in [0.15, 0.2) is 0 Å². The zero-order valence-corrected chi connectivity index (χ0v) is 15.5. The Bertz CT molecular complexity index is 871. The highest BCUT2D eigenvalue weighted by Gasteiger charge is 2.31. The van der Waals surface area contributed by atoms with E-state index in [0.29, 0.717) is 23.8 Å². The summed E-state index contributed by atoms with van der Waals surface area (Å²) in [6.45, 7) is 2.81. The fourth-order valence-corrected chi connectivity index (χ4v) is 5.64. The van der Waals surface area contributed by atoms with Gasteiger partial charge in [-0.15, -0.1) is 11.3 Å². The number of hydrogen-bond donors (Lipinski definition) is 1. The van der Waals surface area contributed by atoms with Gasteiger partial charge in [0.25, 0.3) is 5.91 Å². The number of carbonyl (C=O) groups excluding carboxylic acids is 1. The van der Waals surface area contributed by atoms with E-state index in [2.05, 4.69) is 5.32 Å². The second-order valence-corrected chi connectivity index (χ2v) is 8.82. The van der Waals surface area contributed by atoms with Crippen molar-refractivity contribution in [1.29, 1.82) is 0 Å². The average molecular weight is 385 g/mol. The lowest BCUT2D eigenvalue weighted by atomic mass is 10.2. The number of thiophene rings is 1. The molecule has 0 atom stereocenters. The third-order valence-corrected chi connectivity index (χ3v) is 7.43. The van der Waals surface area contributed by atoms with Crippen molar-refractivity contribution < 1.29 is 13.2 Å². The molecule has 0 spiro atoms. The summed E-state index contributed by atoms with van der Waals surface area (Å²) in [4.78, 5) is 12.9. The number of hydrogen-bond acceptors (Lipinski definition) is 4. The molecule has 1 saturated heterocycles. The first-order valence-electron chi connectivity index (χ1n) is 7.55. The summed E-state index contributed by atoms with van der Waals surface area (Å²) < 4.78 is 26.9. The minimum atomic E-state index is -3.62. The molecule has 1 aliphatic rings. The van der Waals surface area contributed by atoms with Crippen molar-refractivity contribution in [1.82, 2.24) is 4.31 Å². The van der Waals surface area contributed by atoms with Crippen LogP contribution in [-0.2, 0) is 10.0 Å². The molecule has 8 heteroatoms. The Hall–Kier alpha value is -1.41. The predicted octanol–water partition coefficient (Wildman–Crippen LogP) is 3.75. The van der Waals surface area contributed by atoms with Gasteiger partial charge in [-0.05, 0) is 48.9 Å². The van der Waals surface area contributed by atoms with Crippen molar-refractivity contribution in [3.63, 3.8) is 0 Å². The maximum Gasteiger partial charge on any atom is 0.267 e. The molecular weight excluding hydrogens is 368 g/mol. The van der Waals surface area contributed by atoms with E-state index in [1.807, 2.05) is 0 Å². The summed E-state index contributed by atoms with van der Waals surface area (Å²) in [7, 11) is -3.62. The SMILES string of the molecule is Cc1c(Cl)cccc1NC(=O)c1sccc1S(=O)(=O)N1CCCC1. The van der Waals surface area contributed by atoms with Crippen LogP contribution in [0.2, 0.25) is 5.02 Å². The van der Waals surface area contributed by atoms with E-state index < -0.39 is 15.9 Å². The van der Waals surface area contributed by atoms with E-state index in [-0.39, 0.29) is 9.77 Å². The van der Waals surface area contributed by atoms with Crippen LogP contribution in [0, 0.1) is 6.92 Å². The number of carbonyl (C=O) groups is 1. The van der Waals surface area contributed by atoms with Crippen LogP contribution >= 0.6 is 22.9 Å². The molecule has 3 rings (SSSR count). The van der Waals surface area contributed by atoms with E-state index in [4.69, 9.17) is 11.6 Å². The second kappa shape index (κ2) is 6.84. The maximum atomic E-state index is 12.7. The molecule has 0 radical (unpaired) electrons. The molecule has 5 nitrogen and oxygen atoms in total. The van der Waals surface area contributed by atoms with E-state index in [0.717, 1.165) is 29.7 Å². The Balaban J connectivity index is 1.90. The number of nitrogens with zero attached hydrogens (tertiary/aromatic N) is 1. The van der Waals surface area contributed by atoms with Gasteiger partial charge in [-0.1, -0.05) is 17.7 Å². The van der Waals surface area contributed by atoms with Gasteiger partial charge in [0.05, 0.1) is 0 Å². The Morgan fingerprint density at radius 1 is 1.25 bits per heavy atom. The van der Waals surface area contributed by atoms with E-state index in [1.54, 1.807) is 30.5 Å². The van der Waals surface area contributed by atoms with Crippen molar-refractivity contribution in [2.45, 2.75) is 24.7 Å². The van der Waals surface area contributed by atoms with Gasteiger partial charge < -0.3 is 5.32 Å². The lowest BCUT2D eigenvalue weighted by molar-refractivity contribution is 0.102. The Morgan fingerprint density at radius 3 is 2.67 bits per heavy atom. The first-order chi connectivity index (χ1) is 11.4. The molecule has 0 unspecified atom stereocenters. The van der Waals surface area contributed by atoms with Crippen LogP contribution in [0.5, 0.6) is 0 Å². The van der Waals surface area contributed by atoms with Crippen LogP contribution in [0.4, 0.5) is 5.69 Å². The zero-order valence-electron chi connectivity index (χ0n) is 13.1. The smallest absolute Gasteiger partial charge is 0.267 e. The summed E-state index contributed by atoms with van der Waals surface area (Å²) >= 11 is 7.18. The molecule has 128 valence electrons. The van der Waals surface area contributed by atoms with Gasteiger partial charge in [-0.2, -0.15) is 4.31 Å². The number of sulfonamides is 1. The first kappa shape index (κ1) is 17.4. The third-order valence-electron chi connectivity index (χ3n) is 4.03. The van der Waals surface area contributed by atoms with Gasteiger partial charge in [-0.3, -0.25) is 4.79 Å². The van der Waals surface area contributed by atoms with Crippen molar-refractivity contribution in [2.24, 2.45) is 0 Å². The monoisotopic (exact) mass is 384 g/mol. The van der Waals surface area contributed by atoms with Crippen LogP contribution in [0.25, 0.3) is 0 Å². The number of anilines is 1. The fourth-order valence-electron chi connectivity index (χ4n) is 2.66. The van der Waals surface area contributed by atoms with Crippen molar-refractivity contribution in [3.8, 4) is 0 Å². The maximum absolute atomic E-state index is 12.7. The zero-order chi connectivity index (χ0) is 17.3. The van der Waals surface area contributed by atoms with Gasteiger partial charge in [0, 0.05) is 23.8 Å². The van der Waals surface area contributed by atoms with Crippen molar-refractivity contribution >= 4 is 44.6 Å². The van der Waals surface area contributed by atoms with Crippen LogP contribution in [0.1, 0.15) is 28.1 Å². The number of amides is 1. The van der Waals surface area contributed by atoms with E-state index in [9.17, 15) is 13.2 Å². The minimum Gasteiger partial charge on any atom is -0.321 e. The minimum absolute atomic E-state index is 0.0755. The third kappa shape index (κ3) is 3.21. The largest absolute Gasteiger partial charge is 0.321 e. The summed E-state index contributed by atoms with van der Waals surface area (Å²) in [5.41, 5.74) is 1.32. The molecule has 0 saturated carbocycles. The Labute approximate surface area is 150 Å². The average Bonchev–Trinajstić information content (AvgIpc) is 3.22. The highest BCUT2D eigenvalue weighted by atomic mass is 35.5. The predicted molar refractivity (Wildman–Crippen MR) is 96.5 cm³/mol. The quantitative estimate of drug-likeness (QED) is 0.872. The molecule has 1 amide bonds. The van der Waals surface area contributed by atoms with Gasteiger partial charge in [0.2, 0.25) is 10.0 Å². The molecule has 0 bridgehead atoms. The molecule has 1 aromatic carbocycles. The standard InChI is InChI=1S/C16H17ClN2O3S2/c1-11-12(17)5-4-6-13(11)18-16(20)15-14(7-10-23-15)24(21,22)19-8-2-3-9-19/h4-7,10H,2-3,8-9H2,1H3,(H,18,20). The molecule has 0 aliphatic carbocycles. The van der Waals surface area contributed by atoms with E-state index >= 15 is 0 Å². The van der Waals surface area contributed by atoms with Gasteiger partial charge in [-0.25, -0.2) is 8.42 Å². The highest BCUT2D eigenvalue weighted by molar-refractivity contribution is 7.89. The number of rotatable bonds is 4. The molecule has 1 N–H and O–H groups in total. The van der Waals surface area contributed by atoms with E-state index in [1.165, 1.54) is 10.4 Å². The number of halogens is 1. The topological polar surface area (TPSA) is 66.5 Å². The molecular formula is C16H17ClN2O3S2. The van der Waals surface area contributed by atoms with Crippen LogP contribution < -0.4 is 5.32 Å². The van der Waals surface area contributed by atoms with Crippen LogP contribution in [0.3, 0.4) is 0 Å². The molecule has 24 heavy (non-hydrogen) atoms. The summed E-state index contributed by atoms with van der Waals surface area (Å²) in [6.07, 6.45) is 1.71. The van der Waals surface area contributed by atoms with Gasteiger partial charge in [0.1, 0.15) is 9.77 Å². The molecule has 2 aromatic rings. The normalized spacial score (nSPS) is 15.6. The number of nitrogens with one attached hydrogen (secondary N) is 1. The summed E-state index contributed by atoms with van der Waals surface area (Å²) in [6, 6.07) is 6.71. The summed E-state index contributed by atoms with van der Waals surface area (Å²) in [5, 5.41) is 4.93. The van der Waals surface area contributed by atoms with Crippen molar-refractivity contribution in [3.05, 3.63) is 45.1 Å². The molecule has 1 fully saturated rings. The molecule has 1 aromatic heterocycles. The highest BCUT2D eigenvalue weighted by Crippen LogP contribution is 2.29. The fraction of sp³-hybridized carbons (Fsp3) is 0.312. The number of benzene rings is 1. The Morgan fingerprint density at radius 2 is 1.96 bits per heavy atom. The van der Waals surface area contributed by atoms with Crippen LogP contribution in [-0.4, -0.2) is 31.7 Å². The van der Waals surface area contributed by atoms with Crippen LogP contribution in [0.15, 0.2) is 34.5 Å². The first-order valence-corrected chi connectivity index (χ1v) is 10.2. The lowest BCUT2D eigenvalue weighted by Gasteiger charge is -2.16. The molecule has 2 heterocycles. The lowest BCUT2D eigenvalue weighted by Crippen LogP contribution is -2.29. The Kier molecular flexibility index (Phi) is 4.96. The second-order valence-electron chi connectivity index (χ2n) is 5.59. The molecule has 1 aliphatic heterocycles.